The van der Waals surface area contributed by atoms with Gasteiger partial charge >= 0.3 is 0 Å². The van der Waals surface area contributed by atoms with Crippen LogP contribution in [0.4, 0.5) is 11.4 Å². The Kier molecular flexibility index (Phi) is 5.11. The van der Waals surface area contributed by atoms with E-state index in [0.717, 1.165) is 43.9 Å². The molecule has 0 aliphatic carbocycles. The molecule has 1 fully saturated rings. The first-order valence-electron chi connectivity index (χ1n) is 10.4. The molecule has 5 rings (SSSR count). The van der Waals surface area contributed by atoms with Crippen molar-refractivity contribution in [1.29, 1.82) is 0 Å². The van der Waals surface area contributed by atoms with Gasteiger partial charge < -0.3 is 24.0 Å². The minimum absolute atomic E-state index is 0.0848. The second kappa shape index (κ2) is 8.07. The second-order valence-corrected chi connectivity index (χ2v) is 7.79. The first-order valence-corrected chi connectivity index (χ1v) is 10.4. The predicted octanol–water partition coefficient (Wildman–Crippen LogP) is 3.51. The van der Waals surface area contributed by atoms with Crippen LogP contribution in [0.15, 0.2) is 47.6 Å². The molecule has 0 saturated carbocycles. The molecule has 0 spiro atoms. The molecule has 3 heterocycles. The Hall–Kier alpha value is -3.32. The summed E-state index contributed by atoms with van der Waals surface area (Å²) in [6.07, 6.45) is 4.53. The van der Waals surface area contributed by atoms with Gasteiger partial charge in [-0.25, -0.2) is 0 Å². The van der Waals surface area contributed by atoms with E-state index in [9.17, 15) is 4.79 Å². The molecule has 160 valence electrons. The summed E-state index contributed by atoms with van der Waals surface area (Å²) in [6.45, 7) is 3.36. The molecule has 1 saturated heterocycles. The molecule has 0 N–H and O–H groups in total. The third-order valence-corrected chi connectivity index (χ3v) is 6.05. The maximum Gasteiger partial charge on any atom is 0.260 e. The number of methoxy groups -OCH3 is 2. The minimum Gasteiger partial charge on any atom is -0.493 e. The number of rotatable bonds is 4. The summed E-state index contributed by atoms with van der Waals surface area (Å²) in [5.74, 6) is 0.994. The van der Waals surface area contributed by atoms with Gasteiger partial charge in [-0.1, -0.05) is 12.1 Å². The van der Waals surface area contributed by atoms with Crippen LogP contribution in [0.1, 0.15) is 22.3 Å². The SMILES string of the molecule is COc1cc2c(cc1OC)C(=O)N1C=C(c3ccc(N4CCOCC4)cc3)C[C@H]1C=N2. The third-order valence-electron chi connectivity index (χ3n) is 6.05. The molecule has 0 radical (unpaired) electrons. The summed E-state index contributed by atoms with van der Waals surface area (Å²) >= 11 is 0. The number of carbonyl (C=O) groups excluding carboxylic acids is 1. The number of amides is 1. The lowest BCUT2D eigenvalue weighted by molar-refractivity contribution is 0.0817. The minimum atomic E-state index is -0.106. The zero-order valence-electron chi connectivity index (χ0n) is 17.7. The van der Waals surface area contributed by atoms with Crippen molar-refractivity contribution in [2.24, 2.45) is 4.99 Å². The van der Waals surface area contributed by atoms with Crippen LogP contribution in [0.25, 0.3) is 5.57 Å². The molecule has 0 unspecified atom stereocenters. The predicted molar refractivity (Wildman–Crippen MR) is 120 cm³/mol. The molecule has 0 bridgehead atoms. The highest BCUT2D eigenvalue weighted by molar-refractivity contribution is 6.05. The highest BCUT2D eigenvalue weighted by atomic mass is 16.5. The van der Waals surface area contributed by atoms with Crippen molar-refractivity contribution in [2.45, 2.75) is 12.5 Å². The summed E-state index contributed by atoms with van der Waals surface area (Å²) in [5, 5.41) is 0. The average molecular weight is 419 g/mol. The summed E-state index contributed by atoms with van der Waals surface area (Å²) in [7, 11) is 3.13. The van der Waals surface area contributed by atoms with Crippen LogP contribution in [0.3, 0.4) is 0 Å². The lowest BCUT2D eigenvalue weighted by Crippen LogP contribution is -2.36. The van der Waals surface area contributed by atoms with Gasteiger partial charge in [0.1, 0.15) is 0 Å². The number of hydrogen-bond acceptors (Lipinski definition) is 6. The Bertz CT molecular complexity index is 1060. The lowest BCUT2D eigenvalue weighted by atomic mass is 10.0. The van der Waals surface area contributed by atoms with Gasteiger partial charge in [-0.05, 0) is 29.3 Å². The number of benzene rings is 2. The number of carbonyl (C=O) groups is 1. The van der Waals surface area contributed by atoms with Crippen LogP contribution in [0, 0.1) is 0 Å². The highest BCUT2D eigenvalue weighted by Gasteiger charge is 2.33. The van der Waals surface area contributed by atoms with E-state index in [4.69, 9.17) is 14.2 Å². The Labute approximate surface area is 181 Å². The van der Waals surface area contributed by atoms with Crippen LogP contribution < -0.4 is 14.4 Å². The van der Waals surface area contributed by atoms with Crippen LogP contribution in [-0.2, 0) is 4.74 Å². The van der Waals surface area contributed by atoms with Crippen molar-refractivity contribution in [3.05, 3.63) is 53.7 Å². The number of morpholine rings is 1. The van der Waals surface area contributed by atoms with E-state index in [1.54, 1.807) is 31.3 Å². The van der Waals surface area contributed by atoms with Crippen molar-refractivity contribution in [1.82, 2.24) is 4.90 Å². The van der Waals surface area contributed by atoms with Gasteiger partial charge in [0.25, 0.3) is 5.91 Å². The quantitative estimate of drug-likeness (QED) is 0.759. The van der Waals surface area contributed by atoms with E-state index < -0.39 is 0 Å². The Morgan fingerprint density at radius 2 is 1.74 bits per heavy atom. The molecule has 31 heavy (non-hydrogen) atoms. The van der Waals surface area contributed by atoms with Gasteiger partial charge in [-0.15, -0.1) is 0 Å². The van der Waals surface area contributed by atoms with E-state index in [1.165, 1.54) is 5.69 Å². The lowest BCUT2D eigenvalue weighted by Gasteiger charge is -2.29. The van der Waals surface area contributed by atoms with E-state index in [-0.39, 0.29) is 11.9 Å². The van der Waals surface area contributed by atoms with Crippen molar-refractivity contribution in [3.8, 4) is 11.5 Å². The maximum absolute atomic E-state index is 13.3. The molecular formula is C24H25N3O4. The van der Waals surface area contributed by atoms with Gasteiger partial charge in [0.05, 0.1) is 44.7 Å². The van der Waals surface area contributed by atoms with Gasteiger partial charge in [0.15, 0.2) is 11.5 Å². The largest absolute Gasteiger partial charge is 0.493 e. The fraction of sp³-hybridized carbons (Fsp3) is 0.333. The topological polar surface area (TPSA) is 63.6 Å². The van der Waals surface area contributed by atoms with Crippen LogP contribution >= 0.6 is 0 Å². The zero-order chi connectivity index (χ0) is 21.4. The number of hydrogen-bond donors (Lipinski definition) is 0. The first-order chi connectivity index (χ1) is 15.2. The van der Waals surface area contributed by atoms with Gasteiger partial charge in [0.2, 0.25) is 0 Å². The van der Waals surface area contributed by atoms with Crippen LogP contribution in [0.5, 0.6) is 11.5 Å². The van der Waals surface area contributed by atoms with E-state index in [2.05, 4.69) is 34.2 Å². The maximum atomic E-state index is 13.3. The van der Waals surface area contributed by atoms with Gasteiger partial charge in [0, 0.05) is 43.7 Å². The number of anilines is 1. The molecule has 7 heteroatoms. The summed E-state index contributed by atoms with van der Waals surface area (Å²) in [4.78, 5) is 22.0. The smallest absolute Gasteiger partial charge is 0.260 e. The highest BCUT2D eigenvalue weighted by Crippen LogP contribution is 2.39. The number of nitrogens with zero attached hydrogens (tertiary/aromatic N) is 3. The Morgan fingerprint density at radius 3 is 2.45 bits per heavy atom. The fourth-order valence-electron chi connectivity index (χ4n) is 4.33. The normalized spacial score (nSPS) is 20.1. The Balaban J connectivity index is 1.41. The molecule has 3 aliphatic heterocycles. The molecule has 1 amide bonds. The molecule has 3 aliphatic rings. The number of aliphatic imine (C=N–C) groups is 1. The summed E-state index contributed by atoms with van der Waals surface area (Å²) in [5.41, 5.74) is 4.56. The van der Waals surface area contributed by atoms with Crippen molar-refractivity contribution < 1.29 is 19.0 Å². The number of fused-ring (bicyclic) bond motifs is 2. The molecule has 7 nitrogen and oxygen atoms in total. The molecular weight excluding hydrogens is 394 g/mol. The van der Waals surface area contributed by atoms with Crippen molar-refractivity contribution >= 4 is 29.1 Å². The van der Waals surface area contributed by atoms with E-state index >= 15 is 0 Å². The number of ether oxygens (including phenoxy) is 3. The van der Waals surface area contributed by atoms with Crippen LogP contribution in [-0.4, -0.2) is 63.6 Å². The molecule has 2 aromatic carbocycles. The van der Waals surface area contributed by atoms with Crippen molar-refractivity contribution in [3.63, 3.8) is 0 Å². The average Bonchev–Trinajstić information content (AvgIpc) is 3.21. The monoisotopic (exact) mass is 419 g/mol. The van der Waals surface area contributed by atoms with E-state index in [0.29, 0.717) is 22.7 Å². The molecule has 0 aromatic heterocycles. The fourth-order valence-corrected chi connectivity index (χ4v) is 4.33. The third kappa shape index (κ3) is 3.55. The van der Waals surface area contributed by atoms with Crippen LogP contribution in [0.2, 0.25) is 0 Å². The standard InChI is InChI=1S/C24H25N3O4/c1-29-22-12-20-21(13-23(22)30-2)25-14-19-11-17(15-27(19)24(20)28)16-3-5-18(6-4-16)26-7-9-31-10-8-26/h3-6,12-15,19H,7-11H2,1-2H3/t19-/m0/s1. The summed E-state index contributed by atoms with van der Waals surface area (Å²) in [6, 6.07) is 11.9. The second-order valence-electron chi connectivity index (χ2n) is 7.79. The van der Waals surface area contributed by atoms with Gasteiger partial charge in [-0.3, -0.25) is 9.79 Å². The first kappa shape index (κ1) is 19.6. The van der Waals surface area contributed by atoms with E-state index in [1.807, 2.05) is 12.4 Å². The van der Waals surface area contributed by atoms with Gasteiger partial charge in [-0.2, -0.15) is 0 Å². The van der Waals surface area contributed by atoms with Crippen molar-refractivity contribution in [2.75, 3.05) is 45.4 Å². The molecule has 1 atom stereocenters. The summed E-state index contributed by atoms with van der Waals surface area (Å²) < 4.78 is 16.2. The zero-order valence-corrected chi connectivity index (χ0v) is 17.7. The Morgan fingerprint density at radius 1 is 1.03 bits per heavy atom. The molecule has 2 aromatic rings.